The van der Waals surface area contributed by atoms with E-state index in [9.17, 15) is 4.39 Å². The van der Waals surface area contributed by atoms with Crippen LogP contribution in [0.3, 0.4) is 0 Å². The molecular weight excluding hydrogens is 398 g/mol. The van der Waals surface area contributed by atoms with E-state index in [1.165, 1.54) is 12.1 Å². The maximum atomic E-state index is 13.0. The molecule has 2 aromatic rings. The topological polar surface area (TPSA) is 9.23 Å². The molecule has 0 aliphatic carbocycles. The van der Waals surface area contributed by atoms with E-state index < -0.39 is 0 Å². The maximum absolute atomic E-state index is 13.0. The molecule has 0 bridgehead atoms. The van der Waals surface area contributed by atoms with Crippen LogP contribution in [0.5, 0.6) is 5.75 Å². The molecule has 2 rings (SSSR count). The molecule has 0 fully saturated rings. The van der Waals surface area contributed by atoms with Crippen LogP contribution in [0.2, 0.25) is 0 Å². The molecule has 0 aliphatic heterocycles. The Bertz CT molecular complexity index is 590. The van der Waals surface area contributed by atoms with Crippen molar-refractivity contribution in [2.45, 2.75) is 12.5 Å². The lowest BCUT2D eigenvalue weighted by Gasteiger charge is -2.10. The fourth-order valence-corrected chi connectivity index (χ4v) is 2.71. The van der Waals surface area contributed by atoms with Crippen LogP contribution in [0.15, 0.2) is 45.3 Å². The Kier molecular flexibility index (Phi) is 5.25. The molecule has 0 saturated heterocycles. The van der Waals surface area contributed by atoms with Gasteiger partial charge in [0.25, 0.3) is 0 Å². The predicted octanol–water partition coefficient (Wildman–Crippen LogP) is 5.67. The highest BCUT2D eigenvalue weighted by molar-refractivity contribution is 9.10. The summed E-state index contributed by atoms with van der Waals surface area (Å²) >= 11 is 12.5. The molecule has 0 atom stereocenters. The van der Waals surface area contributed by atoms with Crippen molar-refractivity contribution in [1.29, 1.82) is 0 Å². The highest BCUT2D eigenvalue weighted by atomic mass is 79.9. The zero-order valence-electron chi connectivity index (χ0n) is 9.80. The number of hydrogen-bond donors (Lipinski definition) is 0. The molecule has 1 nitrogen and oxygen atoms in total. The summed E-state index contributed by atoms with van der Waals surface area (Å²) in [7, 11) is 0. The Morgan fingerprint density at radius 2 is 1.84 bits per heavy atom. The minimum Gasteiger partial charge on any atom is -0.488 e. The van der Waals surface area contributed by atoms with Gasteiger partial charge in [-0.3, -0.25) is 0 Å². The minimum absolute atomic E-state index is 0.275. The number of alkyl halides is 1. The first-order chi connectivity index (χ1) is 9.10. The molecule has 0 N–H and O–H groups in total. The van der Waals surface area contributed by atoms with E-state index in [-0.39, 0.29) is 5.82 Å². The Morgan fingerprint density at radius 3 is 2.47 bits per heavy atom. The fraction of sp³-hybridized carbons (Fsp3) is 0.143. The summed E-state index contributed by atoms with van der Waals surface area (Å²) in [5, 5.41) is 0. The van der Waals surface area contributed by atoms with Gasteiger partial charge in [-0.2, -0.15) is 0 Å². The second-order valence-corrected chi connectivity index (χ2v) is 5.90. The van der Waals surface area contributed by atoms with Gasteiger partial charge in [0.1, 0.15) is 18.2 Å². The number of hydrogen-bond acceptors (Lipinski definition) is 1. The van der Waals surface area contributed by atoms with Crippen molar-refractivity contribution in [2.75, 3.05) is 0 Å². The SMILES string of the molecule is Fc1ccc(COc2ccc(CCl)cc2Br)c(Br)c1. The zero-order valence-corrected chi connectivity index (χ0v) is 13.7. The number of halogens is 4. The first kappa shape index (κ1) is 14.8. The molecular formula is C14H10Br2ClFO. The van der Waals surface area contributed by atoms with Crippen LogP contribution in [0.4, 0.5) is 4.39 Å². The van der Waals surface area contributed by atoms with Crippen molar-refractivity contribution in [3.8, 4) is 5.75 Å². The van der Waals surface area contributed by atoms with Crippen LogP contribution in [-0.4, -0.2) is 0 Å². The maximum Gasteiger partial charge on any atom is 0.134 e. The van der Waals surface area contributed by atoms with Crippen LogP contribution in [0.25, 0.3) is 0 Å². The third kappa shape index (κ3) is 3.94. The molecule has 0 amide bonds. The second kappa shape index (κ2) is 6.73. The fourth-order valence-electron chi connectivity index (χ4n) is 1.54. The van der Waals surface area contributed by atoms with E-state index in [0.29, 0.717) is 17.0 Å². The second-order valence-electron chi connectivity index (χ2n) is 3.92. The molecule has 0 radical (unpaired) electrons. The lowest BCUT2D eigenvalue weighted by Crippen LogP contribution is -1.98. The Balaban J connectivity index is 2.10. The number of ether oxygens (including phenoxy) is 1. The highest BCUT2D eigenvalue weighted by Crippen LogP contribution is 2.28. The molecule has 2 aromatic carbocycles. The predicted molar refractivity (Wildman–Crippen MR) is 82.1 cm³/mol. The quantitative estimate of drug-likeness (QED) is 0.593. The van der Waals surface area contributed by atoms with E-state index in [1.54, 1.807) is 6.07 Å². The van der Waals surface area contributed by atoms with E-state index in [4.69, 9.17) is 16.3 Å². The normalized spacial score (nSPS) is 10.5. The molecule has 0 spiro atoms. The Labute approximate surface area is 133 Å². The van der Waals surface area contributed by atoms with E-state index in [2.05, 4.69) is 31.9 Å². The van der Waals surface area contributed by atoms with Gasteiger partial charge >= 0.3 is 0 Å². The third-order valence-corrected chi connectivity index (χ3v) is 4.22. The zero-order chi connectivity index (χ0) is 13.8. The lowest BCUT2D eigenvalue weighted by atomic mass is 10.2. The Hall–Kier alpha value is -0.580. The van der Waals surface area contributed by atoms with Gasteiger partial charge in [-0.05, 0) is 45.8 Å². The van der Waals surface area contributed by atoms with Crippen LogP contribution in [0.1, 0.15) is 11.1 Å². The molecule has 0 heterocycles. The summed E-state index contributed by atoms with van der Waals surface area (Å²) in [5.41, 5.74) is 1.90. The van der Waals surface area contributed by atoms with Crippen molar-refractivity contribution < 1.29 is 9.13 Å². The van der Waals surface area contributed by atoms with Crippen molar-refractivity contribution in [1.82, 2.24) is 0 Å². The molecule has 0 unspecified atom stereocenters. The lowest BCUT2D eigenvalue weighted by molar-refractivity contribution is 0.303. The molecule has 19 heavy (non-hydrogen) atoms. The van der Waals surface area contributed by atoms with Crippen LogP contribution < -0.4 is 4.74 Å². The van der Waals surface area contributed by atoms with E-state index >= 15 is 0 Å². The van der Waals surface area contributed by atoms with Crippen molar-refractivity contribution in [3.63, 3.8) is 0 Å². The third-order valence-electron chi connectivity index (χ3n) is 2.55. The monoisotopic (exact) mass is 406 g/mol. The van der Waals surface area contributed by atoms with Crippen LogP contribution >= 0.6 is 43.5 Å². The number of benzene rings is 2. The van der Waals surface area contributed by atoms with Crippen molar-refractivity contribution >= 4 is 43.5 Å². The first-order valence-electron chi connectivity index (χ1n) is 5.51. The van der Waals surface area contributed by atoms with Gasteiger partial charge in [0, 0.05) is 15.9 Å². The smallest absolute Gasteiger partial charge is 0.134 e. The van der Waals surface area contributed by atoms with Gasteiger partial charge in [-0.15, -0.1) is 11.6 Å². The van der Waals surface area contributed by atoms with Crippen LogP contribution in [-0.2, 0) is 12.5 Å². The van der Waals surface area contributed by atoms with E-state index in [0.717, 1.165) is 21.3 Å². The average molecular weight is 408 g/mol. The minimum atomic E-state index is -0.275. The van der Waals surface area contributed by atoms with Crippen molar-refractivity contribution in [3.05, 3.63) is 62.3 Å². The first-order valence-corrected chi connectivity index (χ1v) is 7.63. The molecule has 100 valence electrons. The molecule has 5 heteroatoms. The van der Waals surface area contributed by atoms with Crippen molar-refractivity contribution in [2.24, 2.45) is 0 Å². The summed E-state index contributed by atoms with van der Waals surface area (Å²) in [5.74, 6) is 0.913. The highest BCUT2D eigenvalue weighted by Gasteiger charge is 2.06. The summed E-state index contributed by atoms with van der Waals surface area (Å²) in [6.07, 6.45) is 0. The van der Waals surface area contributed by atoms with Gasteiger partial charge in [0.15, 0.2) is 0 Å². The summed E-state index contributed by atoms with van der Waals surface area (Å²) < 4.78 is 20.2. The van der Waals surface area contributed by atoms with Gasteiger partial charge in [0.2, 0.25) is 0 Å². The molecule has 0 aliphatic rings. The molecule has 0 saturated carbocycles. The average Bonchev–Trinajstić information content (AvgIpc) is 2.39. The standard InChI is InChI=1S/C14H10Br2ClFO/c15-12-6-11(18)3-2-10(12)8-19-14-4-1-9(7-17)5-13(14)16/h1-6H,7-8H2. The van der Waals surface area contributed by atoms with Gasteiger partial charge in [0.05, 0.1) is 4.47 Å². The van der Waals surface area contributed by atoms with Crippen LogP contribution in [0, 0.1) is 5.82 Å². The Morgan fingerprint density at radius 1 is 1.05 bits per heavy atom. The largest absolute Gasteiger partial charge is 0.488 e. The summed E-state index contributed by atoms with van der Waals surface area (Å²) in [4.78, 5) is 0. The van der Waals surface area contributed by atoms with Gasteiger partial charge < -0.3 is 4.74 Å². The van der Waals surface area contributed by atoms with E-state index in [1.807, 2.05) is 18.2 Å². The molecule has 0 aromatic heterocycles. The number of rotatable bonds is 4. The summed E-state index contributed by atoms with van der Waals surface area (Å²) in [6, 6.07) is 10.2. The van der Waals surface area contributed by atoms with Gasteiger partial charge in [-0.1, -0.05) is 28.1 Å². The summed E-state index contributed by atoms with van der Waals surface area (Å²) in [6.45, 7) is 0.361. The van der Waals surface area contributed by atoms with Gasteiger partial charge in [-0.25, -0.2) is 4.39 Å².